The highest BCUT2D eigenvalue weighted by atomic mass is 17.1. The summed E-state index contributed by atoms with van der Waals surface area (Å²) in [5.74, 6) is -0.262. The highest BCUT2D eigenvalue weighted by Gasteiger charge is 2.31. The second kappa shape index (κ2) is 16.4. The SMILES string of the molecule is CCCc1nc(C(C)(C)O)c(C(=O)O)n1Cc1ccc(-c2ccccc2-c2nnn(C(C)OC(=O)OCCOCCON(O)O)n2)cc1. The second-order valence-corrected chi connectivity index (χ2v) is 11.1. The van der Waals surface area contributed by atoms with Crippen LogP contribution in [0, 0.1) is 0 Å². The van der Waals surface area contributed by atoms with Gasteiger partial charge in [-0.1, -0.05) is 55.5 Å². The van der Waals surface area contributed by atoms with Gasteiger partial charge in [0.05, 0.1) is 25.2 Å². The van der Waals surface area contributed by atoms with Gasteiger partial charge in [-0.15, -0.1) is 15.0 Å². The first kappa shape index (κ1) is 36.1. The zero-order valence-electron chi connectivity index (χ0n) is 27.0. The molecule has 2 aromatic heterocycles. The molecule has 17 nitrogen and oxygen atoms in total. The Morgan fingerprint density at radius 1 is 1.00 bits per heavy atom. The number of hydrogen-bond donors (Lipinski definition) is 4. The number of rotatable bonds is 17. The number of tetrazole rings is 1. The Balaban J connectivity index is 1.44. The molecule has 4 aromatic rings. The molecular formula is C31H39N7O10. The monoisotopic (exact) mass is 669 g/mol. The van der Waals surface area contributed by atoms with Gasteiger partial charge < -0.3 is 29.0 Å². The molecule has 0 bridgehead atoms. The maximum atomic E-state index is 12.3. The van der Waals surface area contributed by atoms with E-state index in [0.717, 1.165) is 27.9 Å². The maximum absolute atomic E-state index is 12.3. The van der Waals surface area contributed by atoms with Crippen molar-refractivity contribution in [2.24, 2.45) is 0 Å². The number of imidazole rings is 1. The number of carbonyl (C=O) groups is 2. The molecule has 0 amide bonds. The van der Waals surface area contributed by atoms with Crippen LogP contribution in [-0.4, -0.2) is 94.3 Å². The molecule has 1 unspecified atom stereocenters. The molecule has 2 aromatic carbocycles. The number of carboxylic acids is 1. The van der Waals surface area contributed by atoms with E-state index in [1.54, 1.807) is 11.5 Å². The first-order valence-electron chi connectivity index (χ1n) is 15.1. The first-order chi connectivity index (χ1) is 22.9. The molecule has 0 radical (unpaired) electrons. The van der Waals surface area contributed by atoms with Crippen LogP contribution < -0.4 is 0 Å². The number of aryl methyl sites for hydroxylation is 1. The van der Waals surface area contributed by atoms with Gasteiger partial charge in [0.25, 0.3) is 0 Å². The molecular weight excluding hydrogens is 630 g/mol. The maximum Gasteiger partial charge on any atom is 0.510 e. The fourth-order valence-electron chi connectivity index (χ4n) is 4.80. The molecule has 0 saturated heterocycles. The van der Waals surface area contributed by atoms with Crippen molar-refractivity contribution in [3.05, 3.63) is 71.3 Å². The fraction of sp³-hybridized carbons (Fsp3) is 0.419. The fourth-order valence-corrected chi connectivity index (χ4v) is 4.80. The summed E-state index contributed by atoms with van der Waals surface area (Å²) >= 11 is 0. The number of hydrogen-bond acceptors (Lipinski definition) is 14. The summed E-state index contributed by atoms with van der Waals surface area (Å²) < 4.78 is 16.9. The molecule has 0 aliphatic rings. The third kappa shape index (κ3) is 9.40. The number of benzene rings is 2. The van der Waals surface area contributed by atoms with Gasteiger partial charge in [0.2, 0.25) is 12.1 Å². The topological polar surface area (TPSA) is 217 Å². The van der Waals surface area contributed by atoms with E-state index in [1.165, 1.54) is 13.8 Å². The van der Waals surface area contributed by atoms with Crippen LogP contribution in [0.2, 0.25) is 0 Å². The summed E-state index contributed by atoms with van der Waals surface area (Å²) in [7, 11) is 0. The van der Waals surface area contributed by atoms with Crippen LogP contribution in [0.25, 0.3) is 22.5 Å². The van der Waals surface area contributed by atoms with E-state index < -0.39 is 29.3 Å². The molecule has 0 aliphatic carbocycles. The summed E-state index contributed by atoms with van der Waals surface area (Å²) in [6, 6.07) is 15.1. The number of aromatic carboxylic acids is 1. The van der Waals surface area contributed by atoms with Crippen molar-refractivity contribution in [2.75, 3.05) is 26.4 Å². The van der Waals surface area contributed by atoms with Gasteiger partial charge >= 0.3 is 12.1 Å². The number of aliphatic hydroxyl groups is 1. The lowest BCUT2D eigenvalue weighted by molar-refractivity contribution is -0.493. The van der Waals surface area contributed by atoms with Crippen molar-refractivity contribution in [1.82, 2.24) is 35.1 Å². The van der Waals surface area contributed by atoms with Gasteiger partial charge in [-0.05, 0) is 49.1 Å². The predicted octanol–water partition coefficient (Wildman–Crippen LogP) is 3.83. The van der Waals surface area contributed by atoms with Crippen LogP contribution >= 0.6 is 0 Å². The largest absolute Gasteiger partial charge is 0.510 e. The van der Waals surface area contributed by atoms with E-state index in [4.69, 9.17) is 24.6 Å². The number of aromatic nitrogens is 6. The minimum absolute atomic E-state index is 0.0308. The first-order valence-corrected chi connectivity index (χ1v) is 15.1. The number of carboxylic acid groups (broad SMARTS) is 1. The molecule has 0 spiro atoms. The quantitative estimate of drug-likeness (QED) is 0.0714. The van der Waals surface area contributed by atoms with Crippen LogP contribution in [0.5, 0.6) is 0 Å². The highest BCUT2D eigenvalue weighted by Crippen LogP contribution is 2.31. The molecule has 1 atom stereocenters. The van der Waals surface area contributed by atoms with E-state index >= 15 is 0 Å². The molecule has 4 rings (SSSR count). The van der Waals surface area contributed by atoms with Gasteiger partial charge in [-0.3, -0.25) is 10.4 Å². The zero-order valence-corrected chi connectivity index (χ0v) is 27.0. The van der Waals surface area contributed by atoms with Crippen LogP contribution in [0.3, 0.4) is 0 Å². The van der Waals surface area contributed by atoms with E-state index in [-0.39, 0.29) is 44.4 Å². The average Bonchev–Trinajstić information content (AvgIpc) is 3.67. The normalized spacial score (nSPS) is 12.3. The van der Waals surface area contributed by atoms with Crippen molar-refractivity contribution in [3.8, 4) is 22.5 Å². The van der Waals surface area contributed by atoms with E-state index in [0.29, 0.717) is 23.6 Å². The second-order valence-electron chi connectivity index (χ2n) is 11.1. The van der Waals surface area contributed by atoms with Gasteiger partial charge in [-0.2, -0.15) is 0 Å². The van der Waals surface area contributed by atoms with E-state index in [1.807, 2.05) is 55.5 Å². The smallest absolute Gasteiger partial charge is 0.477 e. The summed E-state index contributed by atoms with van der Waals surface area (Å²) in [4.78, 5) is 34.3. The van der Waals surface area contributed by atoms with Crippen molar-refractivity contribution < 1.29 is 49.3 Å². The summed E-state index contributed by atoms with van der Waals surface area (Å²) in [6.45, 7) is 6.68. The van der Waals surface area contributed by atoms with E-state index in [2.05, 4.69) is 25.2 Å². The van der Waals surface area contributed by atoms with Gasteiger partial charge in [-0.25, -0.2) is 19.4 Å². The Kier molecular flexibility index (Phi) is 12.3. The molecule has 2 heterocycles. The Morgan fingerprint density at radius 3 is 2.33 bits per heavy atom. The van der Waals surface area contributed by atoms with Crippen LogP contribution in [-0.2, 0) is 37.6 Å². The highest BCUT2D eigenvalue weighted by molar-refractivity contribution is 5.87. The number of nitrogens with zero attached hydrogens (tertiary/aromatic N) is 7. The predicted molar refractivity (Wildman–Crippen MR) is 166 cm³/mol. The van der Waals surface area contributed by atoms with Crippen LogP contribution in [0.4, 0.5) is 4.79 Å². The van der Waals surface area contributed by atoms with Crippen molar-refractivity contribution >= 4 is 12.1 Å². The Hall–Kier alpha value is -4.78. The molecule has 4 N–H and O–H groups in total. The lowest BCUT2D eigenvalue weighted by Crippen LogP contribution is -2.22. The molecule has 258 valence electrons. The Bertz CT molecular complexity index is 1660. The summed E-state index contributed by atoms with van der Waals surface area (Å²) in [5, 5.41) is 49.7. The van der Waals surface area contributed by atoms with E-state index in [9.17, 15) is 19.8 Å². The zero-order chi connectivity index (χ0) is 34.8. The van der Waals surface area contributed by atoms with Crippen LogP contribution in [0.1, 0.15) is 67.9 Å². The van der Waals surface area contributed by atoms with Gasteiger partial charge in [0.1, 0.15) is 23.7 Å². The minimum Gasteiger partial charge on any atom is -0.477 e. The van der Waals surface area contributed by atoms with Crippen molar-refractivity contribution in [1.29, 1.82) is 0 Å². The van der Waals surface area contributed by atoms with Crippen molar-refractivity contribution in [3.63, 3.8) is 0 Å². The Morgan fingerprint density at radius 2 is 1.69 bits per heavy atom. The molecule has 0 aliphatic heterocycles. The van der Waals surface area contributed by atoms with Crippen LogP contribution in [0.15, 0.2) is 48.5 Å². The van der Waals surface area contributed by atoms with Crippen molar-refractivity contribution in [2.45, 2.75) is 58.9 Å². The Labute approximate surface area is 275 Å². The lowest BCUT2D eigenvalue weighted by atomic mass is 9.98. The number of ether oxygens (including phenoxy) is 3. The summed E-state index contributed by atoms with van der Waals surface area (Å²) in [5.41, 5.74) is 1.88. The lowest BCUT2D eigenvalue weighted by Gasteiger charge is -2.16. The van der Waals surface area contributed by atoms with Gasteiger partial charge in [0.15, 0.2) is 5.69 Å². The summed E-state index contributed by atoms with van der Waals surface area (Å²) in [6.07, 6.45) is -0.587. The third-order valence-corrected chi connectivity index (χ3v) is 6.98. The standard InChI is InChI=1S/C31H39N7O10/c1-5-8-25-32-27(31(3,4)42)26(29(39)40)36(25)19-21-11-13-22(14-12-21)23-9-6-7-10-24(23)28-33-35-37(34-28)20(2)48-30(41)46-17-15-45-16-18-47-38(43)44/h6-7,9-14,20,42-44H,5,8,15-19H2,1-4H3,(H,39,40). The molecule has 0 fully saturated rings. The third-order valence-electron chi connectivity index (χ3n) is 6.98. The molecule has 17 heteroatoms. The molecule has 48 heavy (non-hydrogen) atoms. The minimum atomic E-state index is -1.42. The van der Waals surface area contributed by atoms with Gasteiger partial charge in [0, 0.05) is 18.5 Å². The average molecular weight is 670 g/mol. The number of carbonyl (C=O) groups excluding carboxylic acids is 1. The molecule has 0 saturated carbocycles.